The summed E-state index contributed by atoms with van der Waals surface area (Å²) in [6, 6.07) is 10.4. The van der Waals surface area contributed by atoms with E-state index in [1.54, 1.807) is 24.3 Å². The van der Waals surface area contributed by atoms with Crippen molar-refractivity contribution in [3.63, 3.8) is 0 Å². The fourth-order valence-electron chi connectivity index (χ4n) is 5.76. The smallest absolute Gasteiger partial charge is 0.338 e. The molecule has 0 aliphatic heterocycles. The average Bonchev–Trinajstić information content (AvgIpc) is 2.96. The summed E-state index contributed by atoms with van der Waals surface area (Å²) in [5.74, 6) is -1.07. The minimum absolute atomic E-state index is 0.144. The molecule has 1 N–H and O–H groups in total. The van der Waals surface area contributed by atoms with Gasteiger partial charge in [-0.3, -0.25) is 0 Å². The number of benzene rings is 2. The molecule has 0 heterocycles. The molecule has 0 aliphatic carbocycles. The first kappa shape index (κ1) is 33.8. The summed E-state index contributed by atoms with van der Waals surface area (Å²) in [6.45, 7) is 4.94. The van der Waals surface area contributed by atoms with Gasteiger partial charge in [-0.05, 0) is 36.3 Å². The van der Waals surface area contributed by atoms with Crippen LogP contribution in [0.2, 0.25) is 0 Å². The fourth-order valence-corrected chi connectivity index (χ4v) is 5.76. The van der Waals surface area contributed by atoms with Crippen LogP contribution in [0.3, 0.4) is 0 Å². The Labute approximate surface area is 244 Å². The van der Waals surface area contributed by atoms with Crippen LogP contribution in [0.4, 0.5) is 0 Å². The minimum Gasteiger partial charge on any atom is -0.478 e. The van der Waals surface area contributed by atoms with Gasteiger partial charge in [-0.25, -0.2) is 9.59 Å². The molecule has 0 amide bonds. The van der Waals surface area contributed by atoms with Crippen molar-refractivity contribution in [2.24, 2.45) is 5.92 Å². The summed E-state index contributed by atoms with van der Waals surface area (Å²) >= 11 is 0. The molecule has 0 saturated carbocycles. The van der Waals surface area contributed by atoms with Crippen molar-refractivity contribution >= 4 is 22.7 Å². The van der Waals surface area contributed by atoms with Gasteiger partial charge in [0.1, 0.15) is 0 Å². The van der Waals surface area contributed by atoms with Gasteiger partial charge < -0.3 is 9.84 Å². The highest BCUT2D eigenvalue weighted by atomic mass is 16.5. The topological polar surface area (TPSA) is 63.6 Å². The molecule has 2 rings (SSSR count). The Balaban J connectivity index is 1.85. The molecule has 0 spiro atoms. The second-order valence-electron chi connectivity index (χ2n) is 11.7. The molecule has 0 fully saturated rings. The predicted octanol–water partition coefficient (Wildman–Crippen LogP) is 11.2. The highest BCUT2D eigenvalue weighted by Gasteiger charge is 2.19. The van der Waals surface area contributed by atoms with Crippen molar-refractivity contribution in [3.05, 3.63) is 47.5 Å². The molecule has 0 bridgehead atoms. The Kier molecular flexibility index (Phi) is 18.1. The maximum atomic E-state index is 13.2. The number of rotatable bonds is 24. The molecule has 0 radical (unpaired) electrons. The van der Waals surface area contributed by atoms with E-state index in [-0.39, 0.29) is 5.56 Å². The Morgan fingerprint density at radius 3 is 1.50 bits per heavy atom. The fraction of sp³-hybridized carbons (Fsp3) is 0.667. The normalized spacial score (nSPS) is 12.1. The second kappa shape index (κ2) is 21.4. The first-order chi connectivity index (χ1) is 19.6. The van der Waals surface area contributed by atoms with E-state index in [9.17, 15) is 14.7 Å². The number of carboxylic acids is 1. The molecular formula is C36H56O4. The minimum atomic E-state index is -1.03. The molecule has 224 valence electrons. The summed E-state index contributed by atoms with van der Waals surface area (Å²) in [6.07, 6.45) is 25.8. The van der Waals surface area contributed by atoms with E-state index in [0.717, 1.165) is 18.2 Å². The van der Waals surface area contributed by atoms with Crippen LogP contribution < -0.4 is 0 Å². The number of carbonyl (C=O) groups excluding carboxylic acids is 1. The van der Waals surface area contributed by atoms with Gasteiger partial charge in [-0.15, -0.1) is 0 Å². The van der Waals surface area contributed by atoms with E-state index >= 15 is 0 Å². The number of fused-ring (bicyclic) bond motifs is 1. The van der Waals surface area contributed by atoms with Gasteiger partial charge in [0, 0.05) is 5.39 Å². The van der Waals surface area contributed by atoms with Gasteiger partial charge in [0.05, 0.1) is 17.7 Å². The zero-order valence-electron chi connectivity index (χ0n) is 25.6. The number of carboxylic acid groups (broad SMARTS) is 1. The van der Waals surface area contributed by atoms with Gasteiger partial charge in [0.15, 0.2) is 0 Å². The van der Waals surface area contributed by atoms with E-state index in [1.807, 2.05) is 12.1 Å². The maximum absolute atomic E-state index is 13.2. The first-order valence-corrected chi connectivity index (χ1v) is 16.5. The van der Waals surface area contributed by atoms with Crippen molar-refractivity contribution in [3.8, 4) is 0 Å². The number of aromatic carboxylic acids is 1. The highest BCUT2D eigenvalue weighted by molar-refractivity contribution is 6.12. The Hall–Kier alpha value is -2.36. The quantitative estimate of drug-likeness (QED) is 0.104. The lowest BCUT2D eigenvalue weighted by molar-refractivity contribution is 0.0424. The molecule has 40 heavy (non-hydrogen) atoms. The zero-order valence-corrected chi connectivity index (χ0v) is 25.6. The van der Waals surface area contributed by atoms with E-state index in [0.29, 0.717) is 23.5 Å². The number of ether oxygens (including phenoxy) is 1. The SMILES string of the molecule is CCCCCCCCCCCCC(CCCCCCCCCC)COC(=O)c1cccc2cccc(C(=O)O)c12. The first-order valence-electron chi connectivity index (χ1n) is 16.5. The molecule has 2 aromatic rings. The summed E-state index contributed by atoms with van der Waals surface area (Å²) in [4.78, 5) is 25.0. The van der Waals surface area contributed by atoms with Gasteiger partial charge >= 0.3 is 11.9 Å². The molecule has 1 atom stereocenters. The average molecular weight is 553 g/mol. The zero-order chi connectivity index (χ0) is 28.8. The number of hydrogen-bond acceptors (Lipinski definition) is 3. The third kappa shape index (κ3) is 13.3. The van der Waals surface area contributed by atoms with Crippen molar-refractivity contribution < 1.29 is 19.4 Å². The Morgan fingerprint density at radius 2 is 1.05 bits per heavy atom. The van der Waals surface area contributed by atoms with Crippen LogP contribution >= 0.6 is 0 Å². The third-order valence-corrected chi connectivity index (χ3v) is 8.24. The number of unbranched alkanes of at least 4 members (excludes halogenated alkanes) is 16. The van der Waals surface area contributed by atoms with E-state index in [1.165, 1.54) is 116 Å². The van der Waals surface area contributed by atoms with Crippen molar-refractivity contribution in [2.75, 3.05) is 6.61 Å². The summed E-state index contributed by atoms with van der Waals surface area (Å²) in [5.41, 5.74) is 0.492. The van der Waals surface area contributed by atoms with Crippen LogP contribution in [-0.4, -0.2) is 23.7 Å². The largest absolute Gasteiger partial charge is 0.478 e. The van der Waals surface area contributed by atoms with Crippen molar-refractivity contribution in [1.29, 1.82) is 0 Å². The highest BCUT2D eigenvalue weighted by Crippen LogP contribution is 2.25. The van der Waals surface area contributed by atoms with Crippen LogP contribution in [0.1, 0.15) is 163 Å². The molecule has 4 heteroatoms. The van der Waals surface area contributed by atoms with E-state index in [4.69, 9.17) is 4.74 Å². The predicted molar refractivity (Wildman–Crippen MR) is 168 cm³/mol. The number of carbonyl (C=O) groups is 2. The lowest BCUT2D eigenvalue weighted by Gasteiger charge is -2.18. The molecule has 0 aromatic heterocycles. The standard InChI is InChI=1S/C36H56O4/c1-3-5-7-9-11-13-14-16-18-20-24-30(23-19-17-15-12-10-8-6-4-2)29-40-36(39)33-28-22-26-31-25-21-27-32(34(31)33)35(37)38/h21-22,25-28,30H,3-20,23-24,29H2,1-2H3,(H,37,38). The molecule has 1 unspecified atom stereocenters. The Bertz CT molecular complexity index is 961. The molecule has 2 aromatic carbocycles. The van der Waals surface area contributed by atoms with Gasteiger partial charge in [0.2, 0.25) is 0 Å². The molecule has 0 aliphatic rings. The van der Waals surface area contributed by atoms with E-state index in [2.05, 4.69) is 13.8 Å². The van der Waals surface area contributed by atoms with Gasteiger partial charge in [0.25, 0.3) is 0 Å². The van der Waals surface area contributed by atoms with Crippen LogP contribution in [0.5, 0.6) is 0 Å². The Morgan fingerprint density at radius 1 is 0.625 bits per heavy atom. The maximum Gasteiger partial charge on any atom is 0.338 e. The molecule has 4 nitrogen and oxygen atoms in total. The number of esters is 1. The summed E-state index contributed by atoms with van der Waals surface area (Å²) in [7, 11) is 0. The molecule has 0 saturated heterocycles. The lowest BCUT2D eigenvalue weighted by Crippen LogP contribution is -2.15. The van der Waals surface area contributed by atoms with Gasteiger partial charge in [-0.1, -0.05) is 154 Å². The van der Waals surface area contributed by atoms with Crippen LogP contribution in [0.15, 0.2) is 36.4 Å². The summed E-state index contributed by atoms with van der Waals surface area (Å²) < 4.78 is 5.87. The van der Waals surface area contributed by atoms with Crippen LogP contribution in [0.25, 0.3) is 10.8 Å². The van der Waals surface area contributed by atoms with Crippen molar-refractivity contribution in [1.82, 2.24) is 0 Å². The monoisotopic (exact) mass is 552 g/mol. The van der Waals surface area contributed by atoms with Gasteiger partial charge in [-0.2, -0.15) is 0 Å². The van der Waals surface area contributed by atoms with Crippen LogP contribution in [-0.2, 0) is 4.74 Å². The summed E-state index contributed by atoms with van der Waals surface area (Å²) in [5, 5.41) is 10.9. The molecular weight excluding hydrogens is 496 g/mol. The van der Waals surface area contributed by atoms with E-state index < -0.39 is 11.9 Å². The lowest BCUT2D eigenvalue weighted by atomic mass is 9.94. The van der Waals surface area contributed by atoms with Crippen LogP contribution in [0, 0.1) is 5.92 Å². The number of hydrogen-bond donors (Lipinski definition) is 1. The van der Waals surface area contributed by atoms with Crippen molar-refractivity contribution in [2.45, 2.75) is 142 Å². The third-order valence-electron chi connectivity index (χ3n) is 8.24. The second-order valence-corrected chi connectivity index (χ2v) is 11.7.